The molecule has 9 heteroatoms. The molecule has 202 valence electrons. The average Bonchev–Trinajstić information content (AvgIpc) is 3.40. The van der Waals surface area contributed by atoms with Gasteiger partial charge < -0.3 is 24.2 Å². The normalized spacial score (nSPS) is 21.1. The zero-order chi connectivity index (χ0) is 25.5. The van der Waals surface area contributed by atoms with Crippen molar-refractivity contribution in [2.45, 2.75) is 48.9 Å². The second-order valence-corrected chi connectivity index (χ2v) is 11.4. The van der Waals surface area contributed by atoms with E-state index in [-0.39, 0.29) is 5.91 Å². The summed E-state index contributed by atoms with van der Waals surface area (Å²) in [6, 6.07) is 8.20. The van der Waals surface area contributed by atoms with Crippen LogP contribution in [0.4, 0.5) is 0 Å². The van der Waals surface area contributed by atoms with Crippen molar-refractivity contribution >= 4 is 17.7 Å². The molecule has 1 N–H and O–H groups in total. The van der Waals surface area contributed by atoms with Gasteiger partial charge in [-0.25, -0.2) is 0 Å². The van der Waals surface area contributed by atoms with Gasteiger partial charge in [0.05, 0.1) is 31.6 Å². The van der Waals surface area contributed by atoms with Gasteiger partial charge in [0.2, 0.25) is 0 Å². The van der Waals surface area contributed by atoms with Crippen LogP contribution < -0.4 is 0 Å². The molecular weight excluding hydrogens is 486 g/mol. The van der Waals surface area contributed by atoms with Crippen LogP contribution in [0.5, 0.6) is 0 Å². The summed E-state index contributed by atoms with van der Waals surface area (Å²) in [6.45, 7) is 9.59. The SMILES string of the molecule is CN1CCC(OCCN2CCCCC2)CC1.O=C(c1[nH]nc2c1CSc1ccccc1-2)N1CCOCC1. The number of piperidine rings is 2. The van der Waals surface area contributed by atoms with Crippen molar-refractivity contribution in [1.29, 1.82) is 0 Å². The highest BCUT2D eigenvalue weighted by molar-refractivity contribution is 7.98. The van der Waals surface area contributed by atoms with E-state index in [1.54, 1.807) is 11.8 Å². The van der Waals surface area contributed by atoms with Crippen LogP contribution in [-0.4, -0.2) is 110 Å². The Bertz CT molecular complexity index is 1010. The Labute approximate surface area is 225 Å². The van der Waals surface area contributed by atoms with Crippen molar-refractivity contribution < 1.29 is 14.3 Å². The van der Waals surface area contributed by atoms with Crippen LogP contribution in [0.15, 0.2) is 29.2 Å². The van der Waals surface area contributed by atoms with Crippen molar-refractivity contribution in [2.24, 2.45) is 0 Å². The lowest BCUT2D eigenvalue weighted by molar-refractivity contribution is 0.000935. The predicted octanol–water partition coefficient (Wildman–Crippen LogP) is 3.74. The molecule has 1 aromatic carbocycles. The lowest BCUT2D eigenvalue weighted by Crippen LogP contribution is -2.41. The second kappa shape index (κ2) is 13.2. The van der Waals surface area contributed by atoms with Gasteiger partial charge >= 0.3 is 0 Å². The highest BCUT2D eigenvalue weighted by Crippen LogP contribution is 2.41. The van der Waals surface area contributed by atoms with Crippen LogP contribution in [0.3, 0.4) is 0 Å². The number of rotatable bonds is 5. The lowest BCUT2D eigenvalue weighted by Gasteiger charge is -2.30. The summed E-state index contributed by atoms with van der Waals surface area (Å²) in [6.07, 6.45) is 7.16. The number of carbonyl (C=O) groups excluding carboxylic acids is 1. The lowest BCUT2D eigenvalue weighted by atomic mass is 10.1. The van der Waals surface area contributed by atoms with Crippen LogP contribution in [0.1, 0.15) is 48.2 Å². The first-order valence-electron chi connectivity index (χ1n) is 13.9. The Morgan fingerprint density at radius 1 is 1.08 bits per heavy atom. The maximum Gasteiger partial charge on any atom is 0.272 e. The van der Waals surface area contributed by atoms with Gasteiger partial charge in [0, 0.05) is 54.5 Å². The number of H-pyrrole nitrogens is 1. The molecule has 6 rings (SSSR count). The van der Waals surface area contributed by atoms with Crippen LogP contribution in [0, 0.1) is 0 Å². The fourth-order valence-corrected chi connectivity index (χ4v) is 6.53. The number of morpholine rings is 1. The molecule has 0 bridgehead atoms. The number of benzene rings is 1. The fraction of sp³-hybridized carbons (Fsp3) is 0.643. The number of ether oxygens (including phenoxy) is 2. The molecule has 0 atom stereocenters. The average molecular weight is 528 g/mol. The zero-order valence-electron chi connectivity index (χ0n) is 22.1. The van der Waals surface area contributed by atoms with Gasteiger partial charge in [-0.1, -0.05) is 24.6 Å². The van der Waals surface area contributed by atoms with E-state index >= 15 is 0 Å². The van der Waals surface area contributed by atoms with Gasteiger partial charge in [-0.15, -0.1) is 11.8 Å². The molecule has 4 aliphatic heterocycles. The number of carbonyl (C=O) groups is 1. The van der Waals surface area contributed by atoms with Crippen LogP contribution >= 0.6 is 11.8 Å². The molecule has 0 saturated carbocycles. The van der Waals surface area contributed by atoms with E-state index in [0.717, 1.165) is 35.7 Å². The third-order valence-corrected chi connectivity index (χ3v) is 8.87. The molecular formula is C28H41N5O3S. The summed E-state index contributed by atoms with van der Waals surface area (Å²) >= 11 is 1.76. The number of aromatic nitrogens is 2. The van der Waals surface area contributed by atoms with E-state index in [1.165, 1.54) is 63.2 Å². The number of aromatic amines is 1. The first-order chi connectivity index (χ1) is 18.2. The van der Waals surface area contributed by atoms with Crippen molar-refractivity contribution in [3.8, 4) is 11.3 Å². The van der Waals surface area contributed by atoms with E-state index in [1.807, 2.05) is 17.0 Å². The molecule has 0 aliphatic carbocycles. The van der Waals surface area contributed by atoms with Gasteiger partial charge in [0.25, 0.3) is 5.91 Å². The molecule has 0 unspecified atom stereocenters. The number of hydrogen-bond acceptors (Lipinski definition) is 7. The molecule has 1 aromatic heterocycles. The van der Waals surface area contributed by atoms with Gasteiger partial charge in [0.15, 0.2) is 0 Å². The molecule has 37 heavy (non-hydrogen) atoms. The summed E-state index contributed by atoms with van der Waals surface area (Å²) in [5.74, 6) is 0.820. The van der Waals surface area contributed by atoms with Gasteiger partial charge in [-0.05, 0) is 51.9 Å². The molecule has 0 spiro atoms. The van der Waals surface area contributed by atoms with Crippen LogP contribution in [0.2, 0.25) is 0 Å². The Morgan fingerprint density at radius 2 is 1.84 bits per heavy atom. The summed E-state index contributed by atoms with van der Waals surface area (Å²) in [5, 5.41) is 7.36. The number of amides is 1. The smallest absolute Gasteiger partial charge is 0.272 e. The monoisotopic (exact) mass is 527 g/mol. The number of fused-ring (bicyclic) bond motifs is 3. The zero-order valence-corrected chi connectivity index (χ0v) is 22.9. The Balaban J connectivity index is 0.000000158. The molecule has 1 amide bonds. The van der Waals surface area contributed by atoms with Crippen LogP contribution in [0.25, 0.3) is 11.3 Å². The first-order valence-corrected chi connectivity index (χ1v) is 14.9. The largest absolute Gasteiger partial charge is 0.378 e. The highest BCUT2D eigenvalue weighted by Gasteiger charge is 2.28. The predicted molar refractivity (Wildman–Crippen MR) is 147 cm³/mol. The minimum absolute atomic E-state index is 0.0343. The number of nitrogens with one attached hydrogen (secondary N) is 1. The molecule has 3 fully saturated rings. The van der Waals surface area contributed by atoms with E-state index in [9.17, 15) is 4.79 Å². The minimum atomic E-state index is 0.0343. The summed E-state index contributed by atoms with van der Waals surface area (Å²) in [4.78, 5) is 20.6. The van der Waals surface area contributed by atoms with E-state index in [4.69, 9.17) is 9.47 Å². The Kier molecular flexibility index (Phi) is 9.55. The second-order valence-electron chi connectivity index (χ2n) is 10.4. The molecule has 3 saturated heterocycles. The maximum absolute atomic E-state index is 12.6. The van der Waals surface area contributed by atoms with Crippen molar-refractivity contribution in [2.75, 3.05) is 72.7 Å². The number of nitrogens with zero attached hydrogens (tertiary/aromatic N) is 4. The topological polar surface area (TPSA) is 73.9 Å². The first kappa shape index (κ1) is 26.7. The quantitative estimate of drug-likeness (QED) is 0.635. The van der Waals surface area contributed by atoms with Crippen molar-refractivity contribution in [3.63, 3.8) is 0 Å². The Morgan fingerprint density at radius 3 is 2.62 bits per heavy atom. The van der Waals surface area contributed by atoms with E-state index < -0.39 is 0 Å². The summed E-state index contributed by atoms with van der Waals surface area (Å²) in [7, 11) is 2.20. The summed E-state index contributed by atoms with van der Waals surface area (Å²) in [5.41, 5.74) is 3.69. The van der Waals surface area contributed by atoms with Crippen LogP contribution in [-0.2, 0) is 15.2 Å². The standard InChI is InChI=1S/C15H15N3O2S.C13H26N2O/c19-15(18-5-7-20-8-6-18)14-11-9-21-12-4-2-1-3-10(12)13(11)16-17-14;1-14-9-5-13(6-10-14)16-12-11-15-7-3-2-4-8-15/h1-4H,5-9H2,(H,16,17);13H,2-12H2,1H3. The van der Waals surface area contributed by atoms with Gasteiger partial charge in [-0.2, -0.15) is 5.10 Å². The number of thioether (sulfide) groups is 1. The third-order valence-electron chi connectivity index (χ3n) is 7.77. The van der Waals surface area contributed by atoms with E-state index in [2.05, 4.69) is 39.2 Å². The Hall–Kier alpha value is -1.91. The number of likely N-dealkylation sites (tertiary alicyclic amines) is 2. The van der Waals surface area contributed by atoms with Crippen molar-refractivity contribution in [1.82, 2.24) is 24.9 Å². The number of hydrogen-bond donors (Lipinski definition) is 1. The fourth-order valence-electron chi connectivity index (χ4n) is 5.45. The van der Waals surface area contributed by atoms with E-state index in [0.29, 0.717) is 38.1 Å². The third kappa shape index (κ3) is 6.95. The molecule has 8 nitrogen and oxygen atoms in total. The highest BCUT2D eigenvalue weighted by atomic mass is 32.2. The minimum Gasteiger partial charge on any atom is -0.378 e. The maximum atomic E-state index is 12.6. The molecule has 2 aromatic rings. The summed E-state index contributed by atoms with van der Waals surface area (Å²) < 4.78 is 11.3. The molecule has 4 aliphatic rings. The van der Waals surface area contributed by atoms with Gasteiger partial charge in [0.1, 0.15) is 5.69 Å². The molecule has 0 radical (unpaired) electrons. The van der Waals surface area contributed by atoms with Crippen molar-refractivity contribution in [3.05, 3.63) is 35.5 Å². The van der Waals surface area contributed by atoms with Gasteiger partial charge in [-0.3, -0.25) is 9.89 Å². The molecule has 5 heterocycles.